The number of benzene rings is 1. The second-order valence-electron chi connectivity index (χ2n) is 9.68. The molecule has 0 amide bonds. The summed E-state index contributed by atoms with van der Waals surface area (Å²) in [6, 6.07) is 5.58. The minimum absolute atomic E-state index is 0.0793. The molecule has 0 bridgehead atoms. The zero-order valence-corrected chi connectivity index (χ0v) is 21.0. The number of methoxy groups -OCH3 is 1. The fourth-order valence-electron chi connectivity index (χ4n) is 5.18. The number of likely N-dealkylation sites (tertiary alicyclic amines) is 1. The molecule has 1 N–H and O–H groups in total. The van der Waals surface area contributed by atoms with Crippen molar-refractivity contribution in [3.8, 4) is 5.88 Å². The maximum atomic E-state index is 14.8. The molecule has 5 rings (SSSR count). The van der Waals surface area contributed by atoms with Gasteiger partial charge in [0.05, 0.1) is 43.4 Å². The van der Waals surface area contributed by atoms with E-state index in [4.69, 9.17) is 9.47 Å². The van der Waals surface area contributed by atoms with Crippen LogP contribution in [0.3, 0.4) is 0 Å². The highest BCUT2D eigenvalue weighted by Gasteiger charge is 2.32. The van der Waals surface area contributed by atoms with E-state index in [0.29, 0.717) is 23.1 Å². The van der Waals surface area contributed by atoms with Crippen LogP contribution in [0.25, 0.3) is 10.9 Å². The lowest BCUT2D eigenvalue weighted by Crippen LogP contribution is -2.51. The maximum absolute atomic E-state index is 14.8. The number of hydrogen-bond acceptors (Lipinski definition) is 7. The summed E-state index contributed by atoms with van der Waals surface area (Å²) in [5, 5.41) is 7.97. The molecule has 1 atom stereocenters. The standard InChI is InChI=1S/C26H30F3N5O3/c1-14(17-5-4-6-18(21(17)27)23(28)29)30-24-20-11-19(15-7-9-34(10-8-15)16-12-37-13-16)25(36-3)31-22(20)26(35)33(2)32-24/h4-6,11,14-16,23H,7-10,12-13H2,1-3H3,(H,30,32)/t14-/m1/s1. The van der Waals surface area contributed by atoms with E-state index >= 15 is 0 Å². The molecule has 0 unspecified atom stereocenters. The van der Waals surface area contributed by atoms with Crippen LogP contribution in [0.2, 0.25) is 0 Å². The van der Waals surface area contributed by atoms with Gasteiger partial charge >= 0.3 is 0 Å². The van der Waals surface area contributed by atoms with Crippen molar-refractivity contribution >= 4 is 16.7 Å². The molecule has 2 fully saturated rings. The topological polar surface area (TPSA) is 81.5 Å². The number of nitrogens with zero attached hydrogens (tertiary/aromatic N) is 4. The number of aryl methyl sites for hydroxylation is 1. The van der Waals surface area contributed by atoms with E-state index in [0.717, 1.165) is 55.5 Å². The first-order valence-electron chi connectivity index (χ1n) is 12.4. The number of nitrogens with one attached hydrogen (secondary N) is 1. The van der Waals surface area contributed by atoms with Gasteiger partial charge in [0.2, 0.25) is 5.88 Å². The molecule has 2 aliphatic rings. The van der Waals surface area contributed by atoms with E-state index < -0.39 is 29.4 Å². The van der Waals surface area contributed by atoms with Crippen molar-refractivity contribution in [2.45, 2.75) is 44.2 Å². The number of fused-ring (bicyclic) bond motifs is 1. The van der Waals surface area contributed by atoms with E-state index in [1.54, 1.807) is 6.92 Å². The average Bonchev–Trinajstić information content (AvgIpc) is 2.85. The van der Waals surface area contributed by atoms with Crippen molar-refractivity contribution < 1.29 is 22.6 Å². The third kappa shape index (κ3) is 4.77. The zero-order valence-electron chi connectivity index (χ0n) is 21.0. The Morgan fingerprint density at radius 3 is 2.51 bits per heavy atom. The van der Waals surface area contributed by atoms with Crippen LogP contribution in [-0.2, 0) is 11.8 Å². The molecule has 1 aromatic carbocycles. The Bertz CT molecular complexity index is 1350. The molecule has 4 heterocycles. The highest BCUT2D eigenvalue weighted by molar-refractivity contribution is 5.89. The van der Waals surface area contributed by atoms with Gasteiger partial charge < -0.3 is 14.8 Å². The summed E-state index contributed by atoms with van der Waals surface area (Å²) in [7, 11) is 3.03. The molecule has 0 spiro atoms. The smallest absolute Gasteiger partial charge is 0.293 e. The van der Waals surface area contributed by atoms with Gasteiger partial charge in [-0.05, 0) is 44.8 Å². The summed E-state index contributed by atoms with van der Waals surface area (Å²) in [5.74, 6) is -0.0721. The summed E-state index contributed by atoms with van der Waals surface area (Å²) < 4.78 is 53.4. The van der Waals surface area contributed by atoms with Gasteiger partial charge in [0.15, 0.2) is 5.82 Å². The lowest BCUT2D eigenvalue weighted by Gasteiger charge is -2.41. The van der Waals surface area contributed by atoms with Crippen molar-refractivity contribution in [3.63, 3.8) is 0 Å². The number of aromatic nitrogens is 3. The van der Waals surface area contributed by atoms with Crippen molar-refractivity contribution in [1.29, 1.82) is 0 Å². The Hall–Kier alpha value is -3.18. The van der Waals surface area contributed by atoms with Gasteiger partial charge in [0.1, 0.15) is 11.3 Å². The molecule has 11 heteroatoms. The molecule has 0 saturated carbocycles. The average molecular weight is 518 g/mol. The second kappa shape index (κ2) is 10.3. The highest BCUT2D eigenvalue weighted by Crippen LogP contribution is 2.37. The van der Waals surface area contributed by atoms with Gasteiger partial charge in [-0.15, -0.1) is 0 Å². The SMILES string of the molecule is COc1nc2c(=O)n(C)nc(N[C@H](C)c3cccc(C(F)F)c3F)c2cc1C1CCN(C2COC2)CC1. The molecule has 0 aliphatic carbocycles. The van der Waals surface area contributed by atoms with Crippen LogP contribution in [-0.4, -0.2) is 59.1 Å². The van der Waals surface area contributed by atoms with Crippen LogP contribution in [0.1, 0.15) is 54.8 Å². The van der Waals surface area contributed by atoms with Crippen LogP contribution >= 0.6 is 0 Å². The summed E-state index contributed by atoms with van der Waals surface area (Å²) >= 11 is 0. The van der Waals surface area contributed by atoms with Crippen LogP contribution in [0.15, 0.2) is 29.1 Å². The number of pyridine rings is 1. The Labute approximate surface area is 212 Å². The third-order valence-corrected chi connectivity index (χ3v) is 7.43. The van der Waals surface area contributed by atoms with Crippen LogP contribution in [0, 0.1) is 5.82 Å². The quantitative estimate of drug-likeness (QED) is 0.504. The molecule has 2 saturated heterocycles. The van der Waals surface area contributed by atoms with Gasteiger partial charge in [-0.1, -0.05) is 18.2 Å². The molecule has 2 aliphatic heterocycles. The Morgan fingerprint density at radius 2 is 1.89 bits per heavy atom. The highest BCUT2D eigenvalue weighted by atomic mass is 19.3. The maximum Gasteiger partial charge on any atom is 0.293 e. The van der Waals surface area contributed by atoms with E-state index in [-0.39, 0.29) is 17.0 Å². The fraction of sp³-hybridized carbons (Fsp3) is 0.500. The van der Waals surface area contributed by atoms with Crippen LogP contribution in [0.4, 0.5) is 19.0 Å². The van der Waals surface area contributed by atoms with Gasteiger partial charge in [0, 0.05) is 18.2 Å². The van der Waals surface area contributed by atoms with Gasteiger partial charge in [-0.3, -0.25) is 9.69 Å². The molecule has 0 radical (unpaired) electrons. The number of anilines is 1. The van der Waals surface area contributed by atoms with Gasteiger partial charge in [0.25, 0.3) is 12.0 Å². The minimum Gasteiger partial charge on any atom is -0.481 e. The van der Waals surface area contributed by atoms with Crippen molar-refractivity contribution in [2.24, 2.45) is 7.05 Å². The zero-order chi connectivity index (χ0) is 26.3. The number of hydrogen-bond donors (Lipinski definition) is 1. The van der Waals surface area contributed by atoms with Gasteiger partial charge in [-0.2, -0.15) is 5.10 Å². The van der Waals surface area contributed by atoms with Crippen molar-refractivity contribution in [3.05, 3.63) is 57.1 Å². The largest absolute Gasteiger partial charge is 0.481 e. The monoisotopic (exact) mass is 517 g/mol. The second-order valence-corrected chi connectivity index (χ2v) is 9.68. The first kappa shape index (κ1) is 25.5. The summed E-state index contributed by atoms with van der Waals surface area (Å²) in [4.78, 5) is 19.9. The number of ether oxygens (including phenoxy) is 2. The Morgan fingerprint density at radius 1 is 1.19 bits per heavy atom. The first-order valence-corrected chi connectivity index (χ1v) is 12.4. The molecule has 37 heavy (non-hydrogen) atoms. The van der Waals surface area contributed by atoms with Crippen molar-refractivity contribution in [2.75, 3.05) is 38.7 Å². The number of halogens is 3. The summed E-state index contributed by atoms with van der Waals surface area (Å²) in [6.45, 7) is 5.06. The summed E-state index contributed by atoms with van der Waals surface area (Å²) in [6.07, 6.45) is -1.11. The predicted molar refractivity (Wildman–Crippen MR) is 133 cm³/mol. The fourth-order valence-corrected chi connectivity index (χ4v) is 5.18. The normalized spacial score (nSPS) is 18.2. The lowest BCUT2D eigenvalue weighted by atomic mass is 9.88. The minimum atomic E-state index is -2.92. The van der Waals surface area contributed by atoms with E-state index in [1.807, 2.05) is 6.07 Å². The predicted octanol–water partition coefficient (Wildman–Crippen LogP) is 4.17. The number of alkyl halides is 2. The molecule has 3 aromatic rings. The first-order chi connectivity index (χ1) is 17.8. The number of piperidine rings is 1. The summed E-state index contributed by atoms with van der Waals surface area (Å²) in [5.41, 5.74) is 0.0760. The number of rotatable bonds is 7. The lowest BCUT2D eigenvalue weighted by molar-refractivity contribution is -0.0713. The van der Waals surface area contributed by atoms with E-state index in [9.17, 15) is 18.0 Å². The van der Waals surface area contributed by atoms with Crippen LogP contribution < -0.4 is 15.6 Å². The Kier molecular flexibility index (Phi) is 7.09. The van der Waals surface area contributed by atoms with Gasteiger partial charge in [-0.25, -0.2) is 22.8 Å². The third-order valence-electron chi connectivity index (χ3n) is 7.43. The van der Waals surface area contributed by atoms with Crippen molar-refractivity contribution in [1.82, 2.24) is 19.7 Å². The molecule has 8 nitrogen and oxygen atoms in total. The molecule has 198 valence electrons. The van der Waals surface area contributed by atoms with Crippen LogP contribution in [0.5, 0.6) is 5.88 Å². The molecular formula is C26H30F3N5O3. The molecular weight excluding hydrogens is 487 g/mol. The Balaban J connectivity index is 1.51. The van der Waals surface area contributed by atoms with E-state index in [2.05, 4.69) is 20.3 Å². The van der Waals surface area contributed by atoms with E-state index in [1.165, 1.54) is 26.3 Å². The molecule has 2 aromatic heterocycles.